The quantitative estimate of drug-likeness (QED) is 0.566. The number of esters is 1. The molecule has 5 nitrogen and oxygen atoms in total. The summed E-state index contributed by atoms with van der Waals surface area (Å²) in [6, 6.07) is 5.97. The Kier molecular flexibility index (Phi) is 6.39. The number of ketones is 1. The molecule has 0 saturated carbocycles. The number of hydrogen-bond acceptors (Lipinski definition) is 6. The lowest BCUT2D eigenvalue weighted by Gasteiger charge is -2.05. The van der Waals surface area contributed by atoms with Crippen LogP contribution in [-0.2, 0) is 14.3 Å². The first-order chi connectivity index (χ1) is 11.9. The van der Waals surface area contributed by atoms with Gasteiger partial charge in [0.15, 0.2) is 18.3 Å². The highest BCUT2D eigenvalue weighted by Gasteiger charge is 2.24. The fourth-order valence-electron chi connectivity index (χ4n) is 1.86. The molecule has 25 heavy (non-hydrogen) atoms. The van der Waals surface area contributed by atoms with Crippen LogP contribution in [0.5, 0.6) is 0 Å². The summed E-state index contributed by atoms with van der Waals surface area (Å²) in [6.07, 6.45) is 2.13. The van der Waals surface area contributed by atoms with E-state index in [-0.39, 0.29) is 10.6 Å². The molecule has 0 amide bonds. The third-order valence-corrected chi connectivity index (χ3v) is 4.43. The molecule has 0 aliphatic rings. The number of ether oxygens (including phenoxy) is 1. The van der Waals surface area contributed by atoms with E-state index in [0.29, 0.717) is 10.7 Å². The van der Waals surface area contributed by atoms with Crippen LogP contribution in [0.1, 0.15) is 22.2 Å². The van der Waals surface area contributed by atoms with E-state index in [1.165, 1.54) is 29.5 Å². The normalized spacial score (nSPS) is 11.9. The van der Waals surface area contributed by atoms with Gasteiger partial charge >= 0.3 is 5.97 Å². The molecule has 2 rings (SSSR count). The molecule has 0 aliphatic carbocycles. The average molecular weight is 379 g/mol. The van der Waals surface area contributed by atoms with Crippen molar-refractivity contribution in [3.05, 3.63) is 56.8 Å². The zero-order valence-corrected chi connectivity index (χ0v) is 14.6. The van der Waals surface area contributed by atoms with Gasteiger partial charge in [0.1, 0.15) is 10.8 Å². The number of rotatable bonds is 6. The Morgan fingerprint density at radius 2 is 2.28 bits per heavy atom. The minimum absolute atomic E-state index is 0.0422. The number of halogens is 2. The molecular formula is C17H12ClFN2O3S. The van der Waals surface area contributed by atoms with Gasteiger partial charge in [0.2, 0.25) is 0 Å². The monoisotopic (exact) mass is 378 g/mol. The van der Waals surface area contributed by atoms with Gasteiger partial charge in [0.05, 0.1) is 11.1 Å². The number of hydrogen-bond donors (Lipinski definition) is 0. The van der Waals surface area contributed by atoms with Crippen LogP contribution < -0.4 is 0 Å². The van der Waals surface area contributed by atoms with Crippen LogP contribution in [0, 0.1) is 24.1 Å². The van der Waals surface area contributed by atoms with Crippen LogP contribution in [0.3, 0.4) is 0 Å². The summed E-state index contributed by atoms with van der Waals surface area (Å²) in [6.45, 7) is 1.17. The third kappa shape index (κ3) is 4.95. The number of carbonyl (C=O) groups is 2. The summed E-state index contributed by atoms with van der Waals surface area (Å²) in [5.41, 5.74) is 0.746. The van der Waals surface area contributed by atoms with Crippen LogP contribution in [0.15, 0.2) is 29.7 Å². The Morgan fingerprint density at radius 1 is 1.52 bits per heavy atom. The van der Waals surface area contributed by atoms with Gasteiger partial charge in [-0.15, -0.1) is 11.3 Å². The summed E-state index contributed by atoms with van der Waals surface area (Å²) >= 11 is 7.02. The molecular weight excluding hydrogens is 367 g/mol. The number of thiazole rings is 1. The minimum atomic E-state index is -1.09. The summed E-state index contributed by atoms with van der Waals surface area (Å²) in [7, 11) is 0. The number of nitrogens with zero attached hydrogens (tertiary/aromatic N) is 2. The maximum atomic E-state index is 13.6. The minimum Gasteiger partial charge on any atom is -0.454 e. The predicted octanol–water partition coefficient (Wildman–Crippen LogP) is 3.68. The van der Waals surface area contributed by atoms with Gasteiger partial charge in [-0.2, -0.15) is 5.26 Å². The Balaban J connectivity index is 1.96. The average Bonchev–Trinajstić information content (AvgIpc) is 2.99. The molecule has 1 unspecified atom stereocenters. The molecule has 1 heterocycles. The second-order valence-corrected chi connectivity index (χ2v) is 6.23. The Morgan fingerprint density at radius 3 is 2.88 bits per heavy atom. The first kappa shape index (κ1) is 18.8. The maximum Gasteiger partial charge on any atom is 0.331 e. The second-order valence-electron chi connectivity index (χ2n) is 4.93. The summed E-state index contributed by atoms with van der Waals surface area (Å²) in [5.74, 6) is -3.10. The molecule has 0 radical (unpaired) electrons. The lowest BCUT2D eigenvalue weighted by Crippen LogP contribution is -2.19. The topological polar surface area (TPSA) is 80.0 Å². The number of aromatic nitrogens is 1. The Hall–Kier alpha value is -2.56. The van der Waals surface area contributed by atoms with Crippen molar-refractivity contribution in [1.82, 2.24) is 4.98 Å². The Bertz CT molecular complexity index is 853. The van der Waals surface area contributed by atoms with Crippen molar-refractivity contribution < 1.29 is 18.7 Å². The molecule has 0 spiro atoms. The predicted molar refractivity (Wildman–Crippen MR) is 91.6 cm³/mol. The van der Waals surface area contributed by atoms with Crippen molar-refractivity contribution in [2.24, 2.45) is 0 Å². The number of Topliss-reactive ketones (excluding diaryl/α,β-unsaturated/α-hetero) is 1. The molecule has 0 fully saturated rings. The van der Waals surface area contributed by atoms with E-state index in [1.54, 1.807) is 12.3 Å². The number of carbonyl (C=O) groups excluding carboxylic acids is 2. The van der Waals surface area contributed by atoms with Crippen LogP contribution in [0.4, 0.5) is 4.39 Å². The molecule has 128 valence electrons. The van der Waals surface area contributed by atoms with Gasteiger partial charge < -0.3 is 4.74 Å². The van der Waals surface area contributed by atoms with E-state index in [4.69, 9.17) is 21.6 Å². The van der Waals surface area contributed by atoms with Crippen molar-refractivity contribution in [3.8, 4) is 6.07 Å². The van der Waals surface area contributed by atoms with E-state index < -0.39 is 30.1 Å². The lowest BCUT2D eigenvalue weighted by atomic mass is 10.1. The lowest BCUT2D eigenvalue weighted by molar-refractivity contribution is -0.143. The fourth-order valence-corrected chi connectivity index (χ4v) is 2.95. The van der Waals surface area contributed by atoms with Gasteiger partial charge in [-0.1, -0.05) is 17.7 Å². The van der Waals surface area contributed by atoms with Crippen molar-refractivity contribution in [3.63, 3.8) is 0 Å². The van der Waals surface area contributed by atoms with Crippen LogP contribution in [0.25, 0.3) is 6.08 Å². The molecule has 2 aromatic rings. The van der Waals surface area contributed by atoms with Crippen LogP contribution >= 0.6 is 22.9 Å². The van der Waals surface area contributed by atoms with E-state index in [1.807, 2.05) is 6.07 Å². The highest BCUT2D eigenvalue weighted by molar-refractivity contribution is 7.09. The van der Waals surface area contributed by atoms with Crippen molar-refractivity contribution >= 4 is 40.8 Å². The van der Waals surface area contributed by atoms with E-state index in [9.17, 15) is 14.0 Å². The van der Waals surface area contributed by atoms with Crippen molar-refractivity contribution in [2.75, 3.05) is 6.61 Å². The largest absolute Gasteiger partial charge is 0.454 e. The molecule has 1 atom stereocenters. The fraction of sp³-hybridized carbons (Fsp3) is 0.176. The number of aryl methyl sites for hydroxylation is 1. The van der Waals surface area contributed by atoms with Gasteiger partial charge in [-0.05, 0) is 25.1 Å². The Labute approximate surface area is 152 Å². The SMILES string of the molecule is Cc1csc(C(C#N)C(=O)COC(=O)/C=C/c2c(F)cccc2Cl)n1. The van der Waals surface area contributed by atoms with E-state index in [0.717, 1.165) is 12.2 Å². The van der Waals surface area contributed by atoms with Crippen molar-refractivity contribution in [2.45, 2.75) is 12.8 Å². The highest BCUT2D eigenvalue weighted by Crippen LogP contribution is 2.21. The molecule has 0 saturated heterocycles. The van der Waals surface area contributed by atoms with Gasteiger partial charge in [-0.3, -0.25) is 4.79 Å². The molecule has 1 aromatic carbocycles. The van der Waals surface area contributed by atoms with Gasteiger partial charge in [0, 0.05) is 22.7 Å². The summed E-state index contributed by atoms with van der Waals surface area (Å²) < 4.78 is 18.4. The van der Waals surface area contributed by atoms with Crippen molar-refractivity contribution in [1.29, 1.82) is 5.26 Å². The van der Waals surface area contributed by atoms with Crippen LogP contribution in [0.2, 0.25) is 5.02 Å². The highest BCUT2D eigenvalue weighted by atomic mass is 35.5. The standard InChI is InChI=1S/C17H12ClFN2O3S/c1-10-9-25-17(21-10)12(7-20)15(22)8-24-16(23)6-5-11-13(18)3-2-4-14(11)19/h2-6,9,12H,8H2,1H3/b6-5+. The zero-order valence-electron chi connectivity index (χ0n) is 13.0. The molecule has 1 aromatic heterocycles. The number of nitriles is 1. The molecule has 0 N–H and O–H groups in total. The zero-order chi connectivity index (χ0) is 18.4. The van der Waals surface area contributed by atoms with Gasteiger partial charge in [-0.25, -0.2) is 14.2 Å². The first-order valence-electron chi connectivity index (χ1n) is 7.05. The first-order valence-corrected chi connectivity index (χ1v) is 8.31. The molecule has 0 aliphatic heterocycles. The molecule has 0 bridgehead atoms. The summed E-state index contributed by atoms with van der Waals surface area (Å²) in [5, 5.41) is 11.3. The van der Waals surface area contributed by atoms with E-state index in [2.05, 4.69) is 4.98 Å². The van der Waals surface area contributed by atoms with Crippen LogP contribution in [-0.4, -0.2) is 23.3 Å². The van der Waals surface area contributed by atoms with Gasteiger partial charge in [0.25, 0.3) is 0 Å². The summed E-state index contributed by atoms with van der Waals surface area (Å²) in [4.78, 5) is 27.8. The third-order valence-electron chi connectivity index (χ3n) is 3.08. The van der Waals surface area contributed by atoms with E-state index >= 15 is 0 Å². The smallest absolute Gasteiger partial charge is 0.331 e. The second kappa shape index (κ2) is 8.51. The molecule has 8 heteroatoms. The number of benzene rings is 1. The maximum absolute atomic E-state index is 13.6.